The highest BCUT2D eigenvalue weighted by Gasteiger charge is 2.36. The highest BCUT2D eigenvalue weighted by atomic mass is 19.4. The summed E-state index contributed by atoms with van der Waals surface area (Å²) in [6.07, 6.45) is -2.79. The molecule has 1 aromatic carbocycles. The van der Waals surface area contributed by atoms with E-state index in [-0.39, 0.29) is 40.1 Å². The van der Waals surface area contributed by atoms with Crippen LogP contribution in [0.5, 0.6) is 0 Å². The molecule has 1 aliphatic rings. The lowest BCUT2D eigenvalue weighted by atomic mass is 10.0. The van der Waals surface area contributed by atoms with E-state index in [1.807, 2.05) is 25.8 Å². The van der Waals surface area contributed by atoms with Crippen LogP contribution in [-0.2, 0) is 13.2 Å². The molecule has 12 heteroatoms. The number of aromatic amines is 1. The SMILES string of the molecule is CC1CN(c2cc(F)c(-c3ccn(C)c(=O)c3)cc2NC(=O)c2c[nH]c(=O)cc2C(F)(F)F)CC(C)N1C. The second kappa shape index (κ2) is 10.1. The lowest BCUT2D eigenvalue weighted by molar-refractivity contribution is -0.138. The zero-order valence-corrected chi connectivity index (χ0v) is 21.2. The third kappa shape index (κ3) is 5.35. The molecule has 0 spiro atoms. The van der Waals surface area contributed by atoms with Gasteiger partial charge in [0.1, 0.15) is 5.82 Å². The van der Waals surface area contributed by atoms with E-state index in [2.05, 4.69) is 15.2 Å². The summed E-state index contributed by atoms with van der Waals surface area (Å²) in [7, 11) is 3.50. The average Bonchev–Trinajstić information content (AvgIpc) is 2.84. The summed E-state index contributed by atoms with van der Waals surface area (Å²) < 4.78 is 57.6. The number of hydrogen-bond acceptors (Lipinski definition) is 5. The number of nitrogens with one attached hydrogen (secondary N) is 2. The van der Waals surface area contributed by atoms with Gasteiger partial charge in [-0.3, -0.25) is 19.3 Å². The van der Waals surface area contributed by atoms with Crippen LogP contribution >= 0.6 is 0 Å². The van der Waals surface area contributed by atoms with E-state index >= 15 is 4.39 Å². The molecule has 2 N–H and O–H groups in total. The van der Waals surface area contributed by atoms with Gasteiger partial charge >= 0.3 is 6.18 Å². The number of amides is 1. The number of pyridine rings is 2. The Bertz CT molecular complexity index is 1490. The van der Waals surface area contributed by atoms with Crippen molar-refractivity contribution in [3.05, 3.63) is 80.4 Å². The monoisotopic (exact) mass is 533 g/mol. The molecule has 2 aromatic heterocycles. The number of aryl methyl sites for hydroxylation is 1. The maximum Gasteiger partial charge on any atom is 0.417 e. The van der Waals surface area contributed by atoms with Crippen LogP contribution < -0.4 is 21.3 Å². The van der Waals surface area contributed by atoms with Crippen molar-refractivity contribution < 1.29 is 22.4 Å². The van der Waals surface area contributed by atoms with E-state index in [0.717, 1.165) is 0 Å². The predicted molar refractivity (Wildman–Crippen MR) is 136 cm³/mol. The van der Waals surface area contributed by atoms with Gasteiger partial charge in [-0.1, -0.05) is 0 Å². The fraction of sp³-hybridized carbons (Fsp3) is 0.346. The normalized spacial score (nSPS) is 18.5. The van der Waals surface area contributed by atoms with Crippen LogP contribution in [0.3, 0.4) is 0 Å². The molecule has 2 unspecified atom stereocenters. The van der Waals surface area contributed by atoms with Crippen molar-refractivity contribution in [2.45, 2.75) is 32.1 Å². The van der Waals surface area contributed by atoms with Crippen molar-refractivity contribution in [2.75, 3.05) is 30.4 Å². The van der Waals surface area contributed by atoms with E-state index in [4.69, 9.17) is 0 Å². The molecule has 1 amide bonds. The van der Waals surface area contributed by atoms with Crippen molar-refractivity contribution in [3.63, 3.8) is 0 Å². The second-order valence-electron chi connectivity index (χ2n) is 9.56. The molecule has 1 aliphatic heterocycles. The molecule has 1 fully saturated rings. The number of halogens is 4. The molecule has 3 heterocycles. The lowest BCUT2D eigenvalue weighted by Crippen LogP contribution is -2.55. The van der Waals surface area contributed by atoms with Crippen molar-refractivity contribution in [3.8, 4) is 11.1 Å². The first-order chi connectivity index (χ1) is 17.8. The van der Waals surface area contributed by atoms with Gasteiger partial charge in [-0.15, -0.1) is 0 Å². The van der Waals surface area contributed by atoms with E-state index in [1.54, 1.807) is 0 Å². The Balaban J connectivity index is 1.84. The first-order valence-corrected chi connectivity index (χ1v) is 11.8. The first-order valence-electron chi connectivity index (χ1n) is 11.8. The number of hydrogen-bond donors (Lipinski definition) is 2. The van der Waals surface area contributed by atoms with E-state index in [0.29, 0.717) is 25.4 Å². The number of rotatable bonds is 4. The summed E-state index contributed by atoms with van der Waals surface area (Å²) in [6, 6.07) is 5.73. The predicted octanol–water partition coefficient (Wildman–Crippen LogP) is 3.68. The lowest BCUT2D eigenvalue weighted by Gasteiger charge is -2.44. The number of likely N-dealkylation sites (N-methyl/N-ethyl adjacent to an activating group) is 1. The van der Waals surface area contributed by atoms with Crippen molar-refractivity contribution in [1.82, 2.24) is 14.5 Å². The van der Waals surface area contributed by atoms with Gasteiger partial charge in [0, 0.05) is 62.3 Å². The number of piperazine rings is 1. The Morgan fingerprint density at radius 2 is 1.71 bits per heavy atom. The summed E-state index contributed by atoms with van der Waals surface area (Å²) in [5.41, 5.74) is -2.99. The van der Waals surface area contributed by atoms with E-state index in [1.165, 1.54) is 42.1 Å². The minimum absolute atomic E-state index is 0.00510. The summed E-state index contributed by atoms with van der Waals surface area (Å²) >= 11 is 0. The summed E-state index contributed by atoms with van der Waals surface area (Å²) in [6.45, 7) is 4.92. The Hall–Kier alpha value is -3.93. The number of benzene rings is 1. The van der Waals surface area contributed by atoms with Crippen LogP contribution in [0.4, 0.5) is 28.9 Å². The van der Waals surface area contributed by atoms with Crippen LogP contribution in [0.25, 0.3) is 11.1 Å². The van der Waals surface area contributed by atoms with Crippen molar-refractivity contribution >= 4 is 17.3 Å². The molecule has 4 rings (SSSR count). The molecular formula is C26H27F4N5O3. The van der Waals surface area contributed by atoms with Crippen LogP contribution in [0.15, 0.2) is 52.3 Å². The summed E-state index contributed by atoms with van der Waals surface area (Å²) in [5.74, 6) is -1.79. The Morgan fingerprint density at radius 3 is 2.32 bits per heavy atom. The van der Waals surface area contributed by atoms with Crippen LogP contribution in [0.2, 0.25) is 0 Å². The van der Waals surface area contributed by atoms with Gasteiger partial charge in [-0.2, -0.15) is 13.2 Å². The minimum Gasteiger partial charge on any atom is -0.367 e. The highest BCUT2D eigenvalue weighted by molar-refractivity contribution is 6.07. The maximum atomic E-state index is 15.5. The number of anilines is 2. The van der Waals surface area contributed by atoms with Crippen molar-refractivity contribution in [1.29, 1.82) is 0 Å². The molecule has 1 saturated heterocycles. The highest BCUT2D eigenvalue weighted by Crippen LogP contribution is 2.37. The van der Waals surface area contributed by atoms with Gasteiger partial charge in [-0.05, 0) is 44.7 Å². The van der Waals surface area contributed by atoms with E-state index < -0.39 is 34.6 Å². The van der Waals surface area contributed by atoms with Crippen LogP contribution in [-0.4, -0.2) is 52.6 Å². The third-order valence-corrected chi connectivity index (χ3v) is 6.92. The Kier molecular flexibility index (Phi) is 7.20. The zero-order chi connectivity index (χ0) is 27.9. The molecule has 3 aromatic rings. The van der Waals surface area contributed by atoms with Gasteiger partial charge in [0.05, 0.1) is 22.5 Å². The van der Waals surface area contributed by atoms with Gasteiger partial charge in [-0.25, -0.2) is 4.39 Å². The molecule has 0 saturated carbocycles. The minimum atomic E-state index is -4.95. The molecule has 202 valence electrons. The number of aromatic nitrogens is 2. The Labute approximate surface area is 215 Å². The standard InChI is InChI=1S/C26H27F4N5O3/c1-14-12-35(13-15(2)34(14)4)22-10-20(27)17(16-5-6-33(3)24(37)7-16)8-21(22)32-25(38)18-11-31-23(36)9-19(18)26(28,29)30/h5-11,14-15H,12-13H2,1-4H3,(H,31,36)(H,32,38). The zero-order valence-electron chi connectivity index (χ0n) is 21.2. The van der Waals surface area contributed by atoms with Crippen molar-refractivity contribution in [2.24, 2.45) is 7.05 Å². The number of carbonyl (C=O) groups is 1. The van der Waals surface area contributed by atoms with Crippen LogP contribution in [0, 0.1) is 5.82 Å². The average molecular weight is 534 g/mol. The number of carbonyl (C=O) groups excluding carboxylic acids is 1. The summed E-state index contributed by atoms with van der Waals surface area (Å²) in [5, 5.41) is 2.49. The molecular weight excluding hydrogens is 506 g/mol. The number of H-pyrrole nitrogens is 1. The number of alkyl halides is 3. The molecule has 2 atom stereocenters. The molecule has 0 bridgehead atoms. The second-order valence-corrected chi connectivity index (χ2v) is 9.56. The summed E-state index contributed by atoms with van der Waals surface area (Å²) in [4.78, 5) is 43.0. The fourth-order valence-electron chi connectivity index (χ4n) is 4.55. The topological polar surface area (TPSA) is 90.4 Å². The largest absolute Gasteiger partial charge is 0.417 e. The Morgan fingerprint density at radius 1 is 1.05 bits per heavy atom. The maximum absolute atomic E-state index is 15.5. The van der Waals surface area contributed by atoms with Gasteiger partial charge in [0.25, 0.3) is 11.5 Å². The molecule has 38 heavy (non-hydrogen) atoms. The van der Waals surface area contributed by atoms with Gasteiger partial charge < -0.3 is 19.8 Å². The first kappa shape index (κ1) is 27.1. The smallest absolute Gasteiger partial charge is 0.367 e. The third-order valence-electron chi connectivity index (χ3n) is 6.92. The number of nitrogens with zero attached hydrogens (tertiary/aromatic N) is 3. The van der Waals surface area contributed by atoms with E-state index in [9.17, 15) is 27.6 Å². The quantitative estimate of drug-likeness (QED) is 0.500. The van der Waals surface area contributed by atoms with Gasteiger partial charge in [0.15, 0.2) is 0 Å². The molecule has 0 aliphatic carbocycles. The molecule has 0 radical (unpaired) electrons. The van der Waals surface area contributed by atoms with Gasteiger partial charge in [0.2, 0.25) is 5.56 Å². The fourth-order valence-corrected chi connectivity index (χ4v) is 4.55. The molecule has 8 nitrogen and oxygen atoms in total. The van der Waals surface area contributed by atoms with Crippen LogP contribution in [0.1, 0.15) is 29.8 Å².